The summed E-state index contributed by atoms with van der Waals surface area (Å²) in [5, 5.41) is 7.54. The third kappa shape index (κ3) is 3.03. The first kappa shape index (κ1) is 16.2. The SMILES string of the molecule is CCOc1ccc(N2C(=O)/C(=C\c3ccnn3CC)NC2=S)cc1. The van der Waals surface area contributed by atoms with Crippen LogP contribution >= 0.6 is 12.2 Å². The normalized spacial score (nSPS) is 15.9. The average molecular weight is 342 g/mol. The maximum Gasteiger partial charge on any atom is 0.281 e. The van der Waals surface area contributed by atoms with Gasteiger partial charge in [0.1, 0.15) is 11.4 Å². The second-order valence-corrected chi connectivity index (χ2v) is 5.51. The van der Waals surface area contributed by atoms with Crippen LogP contribution in [-0.2, 0) is 11.3 Å². The Morgan fingerprint density at radius 1 is 1.25 bits per heavy atom. The Morgan fingerprint density at radius 3 is 2.67 bits per heavy atom. The molecule has 0 atom stereocenters. The molecular weight excluding hydrogens is 324 g/mol. The van der Waals surface area contributed by atoms with Crippen LogP contribution in [0.2, 0.25) is 0 Å². The Hall–Kier alpha value is -2.67. The predicted octanol–water partition coefficient (Wildman–Crippen LogP) is 2.56. The summed E-state index contributed by atoms with van der Waals surface area (Å²) in [7, 11) is 0. The van der Waals surface area contributed by atoms with E-state index in [-0.39, 0.29) is 5.91 Å². The number of hydrogen-bond donors (Lipinski definition) is 1. The smallest absolute Gasteiger partial charge is 0.281 e. The Morgan fingerprint density at radius 2 is 2.00 bits per heavy atom. The van der Waals surface area contributed by atoms with Crippen LogP contribution in [0.1, 0.15) is 19.5 Å². The van der Waals surface area contributed by atoms with Crippen LogP contribution in [0.25, 0.3) is 6.08 Å². The summed E-state index contributed by atoms with van der Waals surface area (Å²) in [6.07, 6.45) is 3.47. The molecule has 1 aromatic heterocycles. The lowest BCUT2D eigenvalue weighted by Crippen LogP contribution is -2.30. The number of carbonyl (C=O) groups is 1. The van der Waals surface area contributed by atoms with Gasteiger partial charge in [-0.1, -0.05) is 0 Å². The molecule has 1 aromatic carbocycles. The van der Waals surface area contributed by atoms with Crippen LogP contribution in [0.5, 0.6) is 5.75 Å². The van der Waals surface area contributed by atoms with Crippen LogP contribution in [0.3, 0.4) is 0 Å². The lowest BCUT2D eigenvalue weighted by atomic mass is 10.2. The number of anilines is 1. The van der Waals surface area contributed by atoms with Gasteiger partial charge in [-0.2, -0.15) is 5.10 Å². The third-order valence-electron chi connectivity index (χ3n) is 3.63. The summed E-state index contributed by atoms with van der Waals surface area (Å²) < 4.78 is 7.23. The van der Waals surface area contributed by atoms with E-state index in [0.29, 0.717) is 23.1 Å². The van der Waals surface area contributed by atoms with Gasteiger partial charge in [-0.05, 0) is 62.5 Å². The zero-order chi connectivity index (χ0) is 17.1. The first-order chi connectivity index (χ1) is 11.6. The van der Waals surface area contributed by atoms with Gasteiger partial charge in [0.15, 0.2) is 5.11 Å². The number of carbonyl (C=O) groups excluding carboxylic acids is 1. The molecule has 124 valence electrons. The van der Waals surface area contributed by atoms with Crippen molar-refractivity contribution in [2.45, 2.75) is 20.4 Å². The van der Waals surface area contributed by atoms with Crippen LogP contribution in [0.4, 0.5) is 5.69 Å². The second kappa shape index (κ2) is 6.84. The number of benzene rings is 1. The molecule has 1 saturated heterocycles. The fraction of sp³-hybridized carbons (Fsp3) is 0.235. The van der Waals surface area contributed by atoms with E-state index in [1.54, 1.807) is 12.3 Å². The molecule has 6 nitrogen and oxygen atoms in total. The maximum absolute atomic E-state index is 12.7. The Balaban J connectivity index is 1.86. The monoisotopic (exact) mass is 342 g/mol. The van der Waals surface area contributed by atoms with Crippen molar-refractivity contribution in [1.29, 1.82) is 0 Å². The van der Waals surface area contributed by atoms with Crippen molar-refractivity contribution in [1.82, 2.24) is 15.1 Å². The fourth-order valence-corrected chi connectivity index (χ4v) is 2.80. The number of ether oxygens (including phenoxy) is 1. The van der Waals surface area contributed by atoms with Crippen molar-refractivity contribution in [2.75, 3.05) is 11.5 Å². The maximum atomic E-state index is 12.7. The lowest BCUT2D eigenvalue weighted by Gasteiger charge is -2.14. The van der Waals surface area contributed by atoms with E-state index in [2.05, 4.69) is 10.4 Å². The Kier molecular flexibility index (Phi) is 4.61. The van der Waals surface area contributed by atoms with E-state index in [1.807, 2.05) is 48.9 Å². The molecule has 1 N–H and O–H groups in total. The summed E-state index contributed by atoms with van der Waals surface area (Å²) in [5.74, 6) is 0.572. The van der Waals surface area contributed by atoms with Crippen molar-refractivity contribution in [3.8, 4) is 5.75 Å². The molecule has 0 bridgehead atoms. The van der Waals surface area contributed by atoms with Crippen LogP contribution in [0, 0.1) is 0 Å². The van der Waals surface area contributed by atoms with Crippen LogP contribution in [-0.4, -0.2) is 27.4 Å². The average Bonchev–Trinajstić information content (AvgIpc) is 3.14. The first-order valence-corrected chi connectivity index (χ1v) is 8.16. The number of hydrogen-bond acceptors (Lipinski definition) is 4. The van der Waals surface area contributed by atoms with E-state index in [9.17, 15) is 4.79 Å². The van der Waals surface area contributed by atoms with Gasteiger partial charge in [0.2, 0.25) is 0 Å². The van der Waals surface area contributed by atoms with Crippen molar-refractivity contribution >= 4 is 35.0 Å². The van der Waals surface area contributed by atoms with Gasteiger partial charge in [0, 0.05) is 12.7 Å². The molecule has 1 fully saturated rings. The number of amides is 1. The summed E-state index contributed by atoms with van der Waals surface area (Å²) in [6.45, 7) is 5.25. The van der Waals surface area contributed by atoms with E-state index < -0.39 is 0 Å². The summed E-state index contributed by atoms with van der Waals surface area (Å²) in [4.78, 5) is 14.2. The molecule has 0 radical (unpaired) electrons. The number of aryl methyl sites for hydroxylation is 1. The first-order valence-electron chi connectivity index (χ1n) is 7.75. The standard InChI is InChI=1S/C17H18N4O2S/c1-3-20-13(9-10-18-20)11-15-16(22)21(17(24)19-15)12-5-7-14(8-6-12)23-4-2/h5-11H,3-4H2,1-2H3,(H,19,24)/b15-11+. The molecule has 0 spiro atoms. The number of nitrogens with one attached hydrogen (secondary N) is 1. The van der Waals surface area contributed by atoms with Gasteiger partial charge in [-0.25, -0.2) is 0 Å². The fourth-order valence-electron chi connectivity index (χ4n) is 2.51. The Labute approximate surface area is 145 Å². The highest BCUT2D eigenvalue weighted by Gasteiger charge is 2.32. The number of aromatic nitrogens is 2. The second-order valence-electron chi connectivity index (χ2n) is 5.13. The molecule has 1 aliphatic rings. The highest BCUT2D eigenvalue weighted by Crippen LogP contribution is 2.24. The molecule has 1 aliphatic heterocycles. The van der Waals surface area contributed by atoms with Crippen molar-refractivity contribution in [3.05, 3.63) is 47.9 Å². The topological polar surface area (TPSA) is 59.4 Å². The highest BCUT2D eigenvalue weighted by molar-refractivity contribution is 7.80. The summed E-state index contributed by atoms with van der Waals surface area (Å²) in [5.41, 5.74) is 1.99. The minimum Gasteiger partial charge on any atom is -0.494 e. The third-order valence-corrected chi connectivity index (χ3v) is 3.91. The zero-order valence-electron chi connectivity index (χ0n) is 13.5. The molecule has 7 heteroatoms. The van der Waals surface area contributed by atoms with Crippen molar-refractivity contribution < 1.29 is 9.53 Å². The minimum absolute atomic E-state index is 0.187. The molecule has 0 unspecified atom stereocenters. The quantitative estimate of drug-likeness (QED) is 0.668. The highest BCUT2D eigenvalue weighted by atomic mass is 32.1. The summed E-state index contributed by atoms with van der Waals surface area (Å²) in [6, 6.07) is 9.13. The molecule has 3 rings (SSSR count). The molecule has 0 saturated carbocycles. The zero-order valence-corrected chi connectivity index (χ0v) is 14.3. The van der Waals surface area contributed by atoms with Gasteiger partial charge in [0.25, 0.3) is 5.91 Å². The predicted molar refractivity (Wildman–Crippen MR) is 96.7 cm³/mol. The van der Waals surface area contributed by atoms with Crippen molar-refractivity contribution in [2.24, 2.45) is 0 Å². The van der Waals surface area contributed by atoms with E-state index in [0.717, 1.165) is 18.0 Å². The van der Waals surface area contributed by atoms with E-state index >= 15 is 0 Å². The van der Waals surface area contributed by atoms with Gasteiger partial charge in [-0.15, -0.1) is 0 Å². The number of rotatable bonds is 5. The molecule has 24 heavy (non-hydrogen) atoms. The van der Waals surface area contributed by atoms with Gasteiger partial charge >= 0.3 is 0 Å². The molecule has 2 heterocycles. The van der Waals surface area contributed by atoms with Crippen molar-refractivity contribution in [3.63, 3.8) is 0 Å². The lowest BCUT2D eigenvalue weighted by molar-refractivity contribution is -0.113. The van der Waals surface area contributed by atoms with Crippen LogP contribution < -0.4 is 15.0 Å². The largest absolute Gasteiger partial charge is 0.494 e. The number of thiocarbonyl (C=S) groups is 1. The number of nitrogens with zero attached hydrogens (tertiary/aromatic N) is 3. The Bertz CT molecular complexity index is 795. The van der Waals surface area contributed by atoms with Gasteiger partial charge in [0.05, 0.1) is 18.0 Å². The molecule has 0 aliphatic carbocycles. The minimum atomic E-state index is -0.187. The van der Waals surface area contributed by atoms with Gasteiger partial charge < -0.3 is 10.1 Å². The van der Waals surface area contributed by atoms with E-state index in [4.69, 9.17) is 17.0 Å². The summed E-state index contributed by atoms with van der Waals surface area (Å²) >= 11 is 5.32. The van der Waals surface area contributed by atoms with E-state index in [1.165, 1.54) is 4.90 Å². The molecule has 1 amide bonds. The molecular formula is C17H18N4O2S. The van der Waals surface area contributed by atoms with Crippen LogP contribution in [0.15, 0.2) is 42.2 Å². The molecule has 2 aromatic rings. The van der Waals surface area contributed by atoms with Gasteiger partial charge in [-0.3, -0.25) is 14.4 Å².